The van der Waals surface area contributed by atoms with E-state index in [9.17, 15) is 22.8 Å². The average molecular weight is 315 g/mol. The molecular formula is C15H16F3NO3. The zero-order valence-electron chi connectivity index (χ0n) is 11.9. The molecule has 1 fully saturated rings. The second-order valence-corrected chi connectivity index (χ2v) is 5.27. The Morgan fingerprint density at radius 1 is 1.32 bits per heavy atom. The van der Waals surface area contributed by atoms with E-state index in [1.807, 2.05) is 0 Å². The quantitative estimate of drug-likeness (QED) is 0.850. The van der Waals surface area contributed by atoms with Gasteiger partial charge in [-0.2, -0.15) is 13.2 Å². The van der Waals surface area contributed by atoms with Gasteiger partial charge in [0.1, 0.15) is 6.04 Å². The Labute approximate surface area is 125 Å². The lowest BCUT2D eigenvalue weighted by atomic mass is 10.0. The molecule has 0 aromatic heterocycles. The highest BCUT2D eigenvalue weighted by Gasteiger charge is 2.36. The Balaban J connectivity index is 2.18. The maximum atomic E-state index is 12.9. The molecule has 1 aromatic carbocycles. The van der Waals surface area contributed by atoms with E-state index < -0.39 is 35.2 Å². The summed E-state index contributed by atoms with van der Waals surface area (Å²) in [4.78, 5) is 23.8. The first-order valence-corrected chi connectivity index (χ1v) is 6.88. The van der Waals surface area contributed by atoms with E-state index >= 15 is 0 Å². The fourth-order valence-corrected chi connectivity index (χ4v) is 2.21. The van der Waals surface area contributed by atoms with Gasteiger partial charge in [0.25, 0.3) is 5.91 Å². The summed E-state index contributed by atoms with van der Waals surface area (Å²) in [7, 11) is 1.18. The third-order valence-electron chi connectivity index (χ3n) is 3.53. The second-order valence-electron chi connectivity index (χ2n) is 5.27. The molecule has 1 saturated carbocycles. The molecule has 1 aliphatic rings. The third kappa shape index (κ3) is 3.99. The SMILES string of the molecule is COC(=O)[C@@H](CC1CC1)NC(=O)c1ccccc1C(F)(F)F. The van der Waals surface area contributed by atoms with Crippen molar-refractivity contribution in [2.24, 2.45) is 5.92 Å². The molecule has 0 radical (unpaired) electrons. The van der Waals surface area contributed by atoms with Crippen LogP contribution in [-0.2, 0) is 15.7 Å². The molecule has 7 heteroatoms. The molecule has 0 saturated heterocycles. The molecule has 1 aliphatic carbocycles. The molecule has 1 N–H and O–H groups in total. The van der Waals surface area contributed by atoms with Crippen molar-refractivity contribution in [3.63, 3.8) is 0 Å². The number of amides is 1. The minimum absolute atomic E-state index is 0.308. The summed E-state index contributed by atoms with van der Waals surface area (Å²) >= 11 is 0. The molecule has 0 bridgehead atoms. The van der Waals surface area contributed by atoms with Crippen molar-refractivity contribution in [1.82, 2.24) is 5.32 Å². The van der Waals surface area contributed by atoms with Crippen LogP contribution < -0.4 is 5.32 Å². The first-order valence-electron chi connectivity index (χ1n) is 6.88. The fourth-order valence-electron chi connectivity index (χ4n) is 2.21. The van der Waals surface area contributed by atoms with Crippen LogP contribution in [0.15, 0.2) is 24.3 Å². The number of benzene rings is 1. The highest BCUT2D eigenvalue weighted by Crippen LogP contribution is 2.34. The number of methoxy groups -OCH3 is 1. The van der Waals surface area contributed by atoms with Gasteiger partial charge in [-0.3, -0.25) is 4.79 Å². The number of carbonyl (C=O) groups is 2. The Morgan fingerprint density at radius 2 is 1.95 bits per heavy atom. The van der Waals surface area contributed by atoms with E-state index in [0.717, 1.165) is 25.0 Å². The smallest absolute Gasteiger partial charge is 0.417 e. The van der Waals surface area contributed by atoms with Crippen molar-refractivity contribution in [2.45, 2.75) is 31.5 Å². The molecule has 1 amide bonds. The Morgan fingerprint density at radius 3 is 2.50 bits per heavy atom. The van der Waals surface area contributed by atoms with Crippen LogP contribution in [0, 0.1) is 5.92 Å². The van der Waals surface area contributed by atoms with E-state index in [4.69, 9.17) is 0 Å². The fraction of sp³-hybridized carbons (Fsp3) is 0.467. The minimum atomic E-state index is -4.63. The van der Waals surface area contributed by atoms with E-state index in [-0.39, 0.29) is 0 Å². The normalized spacial score (nSPS) is 16.0. The van der Waals surface area contributed by atoms with Gasteiger partial charge in [-0.05, 0) is 24.5 Å². The van der Waals surface area contributed by atoms with Gasteiger partial charge in [-0.25, -0.2) is 4.79 Å². The first-order chi connectivity index (χ1) is 10.3. The number of halogens is 3. The van der Waals surface area contributed by atoms with Crippen LogP contribution in [0.3, 0.4) is 0 Å². The van der Waals surface area contributed by atoms with Crippen molar-refractivity contribution in [3.05, 3.63) is 35.4 Å². The van der Waals surface area contributed by atoms with Crippen molar-refractivity contribution in [1.29, 1.82) is 0 Å². The Bertz CT molecular complexity index is 567. The average Bonchev–Trinajstić information content (AvgIpc) is 3.28. The number of hydrogen-bond donors (Lipinski definition) is 1. The molecule has 4 nitrogen and oxygen atoms in total. The van der Waals surface area contributed by atoms with Gasteiger partial charge < -0.3 is 10.1 Å². The van der Waals surface area contributed by atoms with Gasteiger partial charge in [0.15, 0.2) is 0 Å². The van der Waals surface area contributed by atoms with Crippen molar-refractivity contribution in [2.75, 3.05) is 7.11 Å². The van der Waals surface area contributed by atoms with Crippen molar-refractivity contribution < 1.29 is 27.5 Å². The van der Waals surface area contributed by atoms with Crippen LogP contribution in [-0.4, -0.2) is 25.0 Å². The highest BCUT2D eigenvalue weighted by atomic mass is 19.4. The summed E-state index contributed by atoms with van der Waals surface area (Å²) in [5, 5.41) is 2.35. The highest BCUT2D eigenvalue weighted by molar-refractivity contribution is 5.98. The predicted octanol–water partition coefficient (Wildman–Crippen LogP) is 2.78. The first kappa shape index (κ1) is 16.3. The molecule has 0 heterocycles. The Hall–Kier alpha value is -2.05. The Kier molecular flexibility index (Phi) is 4.73. The van der Waals surface area contributed by atoms with Gasteiger partial charge in [0.2, 0.25) is 0 Å². The van der Waals surface area contributed by atoms with Crippen LogP contribution >= 0.6 is 0 Å². The largest absolute Gasteiger partial charge is 0.467 e. The zero-order chi connectivity index (χ0) is 16.3. The number of alkyl halides is 3. The maximum absolute atomic E-state index is 12.9. The standard InChI is InChI=1S/C15H16F3NO3/c1-22-14(21)12(8-9-6-7-9)19-13(20)10-4-2-3-5-11(10)15(16,17)18/h2-5,9,12H,6-8H2,1H3,(H,19,20)/t12-/m1/s1. The van der Waals surface area contributed by atoms with E-state index in [1.54, 1.807) is 0 Å². The number of rotatable bonds is 5. The van der Waals surface area contributed by atoms with Gasteiger partial charge in [-0.1, -0.05) is 25.0 Å². The maximum Gasteiger partial charge on any atom is 0.417 e. The number of hydrogen-bond acceptors (Lipinski definition) is 3. The third-order valence-corrected chi connectivity index (χ3v) is 3.53. The summed E-state index contributed by atoms with van der Waals surface area (Å²) in [6.45, 7) is 0. The summed E-state index contributed by atoms with van der Waals surface area (Å²) in [6.07, 6.45) is -2.36. The van der Waals surface area contributed by atoms with Crippen LogP contribution in [0.5, 0.6) is 0 Å². The number of nitrogens with one attached hydrogen (secondary N) is 1. The summed E-state index contributed by atoms with van der Waals surface area (Å²) < 4.78 is 43.4. The summed E-state index contributed by atoms with van der Waals surface area (Å²) in [5.74, 6) is -1.27. The number of ether oxygens (including phenoxy) is 1. The molecule has 120 valence electrons. The van der Waals surface area contributed by atoms with Gasteiger partial charge >= 0.3 is 12.1 Å². The van der Waals surface area contributed by atoms with E-state index in [1.165, 1.54) is 19.2 Å². The molecule has 1 aromatic rings. The molecule has 1 atom stereocenters. The topological polar surface area (TPSA) is 55.4 Å². The summed E-state index contributed by atoms with van der Waals surface area (Å²) in [5.41, 5.74) is -1.53. The molecular weight excluding hydrogens is 299 g/mol. The monoisotopic (exact) mass is 315 g/mol. The number of carbonyl (C=O) groups excluding carboxylic acids is 2. The minimum Gasteiger partial charge on any atom is -0.467 e. The predicted molar refractivity (Wildman–Crippen MR) is 72.1 cm³/mol. The zero-order valence-corrected chi connectivity index (χ0v) is 11.9. The van der Waals surface area contributed by atoms with E-state index in [2.05, 4.69) is 10.1 Å². The van der Waals surface area contributed by atoms with Crippen LogP contribution in [0.2, 0.25) is 0 Å². The lowest BCUT2D eigenvalue weighted by Crippen LogP contribution is -2.42. The van der Waals surface area contributed by atoms with Gasteiger partial charge in [0, 0.05) is 0 Å². The number of esters is 1. The van der Waals surface area contributed by atoms with Gasteiger partial charge in [-0.15, -0.1) is 0 Å². The molecule has 2 rings (SSSR count). The second kappa shape index (κ2) is 6.37. The van der Waals surface area contributed by atoms with Crippen molar-refractivity contribution in [3.8, 4) is 0 Å². The summed E-state index contributed by atoms with van der Waals surface area (Å²) in [6, 6.07) is 3.55. The molecule has 0 spiro atoms. The van der Waals surface area contributed by atoms with Crippen LogP contribution in [0.1, 0.15) is 35.2 Å². The molecule has 0 aliphatic heterocycles. The van der Waals surface area contributed by atoms with E-state index in [0.29, 0.717) is 12.3 Å². The lowest BCUT2D eigenvalue weighted by molar-refractivity contribution is -0.143. The van der Waals surface area contributed by atoms with Crippen LogP contribution in [0.4, 0.5) is 13.2 Å². The van der Waals surface area contributed by atoms with Crippen LogP contribution in [0.25, 0.3) is 0 Å². The van der Waals surface area contributed by atoms with Gasteiger partial charge in [0.05, 0.1) is 18.2 Å². The lowest BCUT2D eigenvalue weighted by Gasteiger charge is -2.18. The molecule has 0 unspecified atom stereocenters. The van der Waals surface area contributed by atoms with Crippen molar-refractivity contribution >= 4 is 11.9 Å². The molecule has 22 heavy (non-hydrogen) atoms.